The molecule has 0 saturated heterocycles. The minimum absolute atomic E-state index is 0.0735. The Morgan fingerprint density at radius 3 is 2.92 bits per heavy atom. The summed E-state index contributed by atoms with van der Waals surface area (Å²) in [6, 6.07) is 7.73. The number of halogens is 1. The minimum atomic E-state index is 0.0735. The fourth-order valence-electron chi connectivity index (χ4n) is 3.20. The summed E-state index contributed by atoms with van der Waals surface area (Å²) in [6.07, 6.45) is 8.09. The number of nitrogens with one attached hydrogen (secondary N) is 1. The van der Waals surface area contributed by atoms with Gasteiger partial charge in [0.05, 0.1) is 12.2 Å². The van der Waals surface area contributed by atoms with Gasteiger partial charge in [-0.05, 0) is 41.0 Å². The minimum Gasteiger partial charge on any atom is -0.349 e. The zero-order valence-electron chi connectivity index (χ0n) is 13.6. The lowest BCUT2D eigenvalue weighted by molar-refractivity contribution is -0.121. The van der Waals surface area contributed by atoms with Crippen molar-refractivity contribution in [3.05, 3.63) is 34.6 Å². The third-order valence-corrected chi connectivity index (χ3v) is 5.03. The summed E-state index contributed by atoms with van der Waals surface area (Å²) in [5, 5.41) is 14.7. The van der Waals surface area contributed by atoms with E-state index in [-0.39, 0.29) is 5.91 Å². The Morgan fingerprint density at radius 2 is 2.12 bits per heavy atom. The topological polar surface area (TPSA) is 72.7 Å². The lowest BCUT2D eigenvalue weighted by atomic mass is 9.86. The molecule has 0 spiro atoms. The fourth-order valence-corrected chi connectivity index (χ4v) is 3.59. The van der Waals surface area contributed by atoms with Crippen LogP contribution in [0, 0.1) is 5.92 Å². The first-order valence-corrected chi connectivity index (χ1v) is 9.31. The van der Waals surface area contributed by atoms with Crippen LogP contribution < -0.4 is 5.32 Å². The summed E-state index contributed by atoms with van der Waals surface area (Å²) >= 11 is 3.44. The highest BCUT2D eigenvalue weighted by atomic mass is 79.9. The molecule has 1 amide bonds. The summed E-state index contributed by atoms with van der Waals surface area (Å²) in [7, 11) is 0. The zero-order chi connectivity index (χ0) is 16.8. The predicted octanol–water partition coefficient (Wildman–Crippen LogP) is 3.40. The molecule has 0 unspecified atom stereocenters. The van der Waals surface area contributed by atoms with Gasteiger partial charge in [0.1, 0.15) is 0 Å². The molecule has 1 saturated carbocycles. The number of aromatic nitrogens is 4. The van der Waals surface area contributed by atoms with E-state index in [1.807, 2.05) is 24.3 Å². The predicted molar refractivity (Wildman–Crippen MR) is 94.5 cm³/mol. The second kappa shape index (κ2) is 8.37. The van der Waals surface area contributed by atoms with Gasteiger partial charge in [0.25, 0.3) is 0 Å². The molecule has 0 aliphatic heterocycles. The second-order valence-electron chi connectivity index (χ2n) is 6.31. The van der Waals surface area contributed by atoms with E-state index in [2.05, 4.69) is 36.8 Å². The molecule has 1 aromatic heterocycles. The largest absolute Gasteiger partial charge is 0.349 e. The smallest absolute Gasteiger partial charge is 0.220 e. The maximum Gasteiger partial charge on any atom is 0.220 e. The molecule has 24 heavy (non-hydrogen) atoms. The highest BCUT2D eigenvalue weighted by molar-refractivity contribution is 9.10. The number of benzene rings is 1. The molecule has 0 bridgehead atoms. The molecule has 1 aromatic carbocycles. The Balaban J connectivity index is 1.51. The van der Waals surface area contributed by atoms with Gasteiger partial charge in [-0.25, -0.2) is 0 Å². The van der Waals surface area contributed by atoms with Crippen molar-refractivity contribution in [3.63, 3.8) is 0 Å². The van der Waals surface area contributed by atoms with Crippen molar-refractivity contribution in [3.8, 4) is 5.69 Å². The molecule has 6 nitrogen and oxygen atoms in total. The number of hydrogen-bond donors (Lipinski definition) is 1. The van der Waals surface area contributed by atoms with Crippen molar-refractivity contribution in [2.75, 3.05) is 0 Å². The van der Waals surface area contributed by atoms with Crippen LogP contribution in [0.3, 0.4) is 0 Å². The first-order chi connectivity index (χ1) is 11.7. The first-order valence-electron chi connectivity index (χ1n) is 8.52. The fraction of sp³-hybridized carbons (Fsp3) is 0.529. The number of nitrogens with zero attached hydrogens (tertiary/aromatic N) is 4. The van der Waals surface area contributed by atoms with Crippen LogP contribution in [0.15, 0.2) is 28.7 Å². The van der Waals surface area contributed by atoms with E-state index in [0.29, 0.717) is 18.8 Å². The highest BCUT2D eigenvalue weighted by Crippen LogP contribution is 2.27. The molecule has 1 fully saturated rings. The molecule has 0 atom stereocenters. The van der Waals surface area contributed by atoms with Gasteiger partial charge >= 0.3 is 0 Å². The number of hydrogen-bond acceptors (Lipinski definition) is 4. The average molecular weight is 392 g/mol. The molecular weight excluding hydrogens is 370 g/mol. The normalized spacial score (nSPS) is 15.4. The monoisotopic (exact) mass is 391 g/mol. The quantitative estimate of drug-likeness (QED) is 0.818. The van der Waals surface area contributed by atoms with E-state index in [9.17, 15) is 4.79 Å². The van der Waals surface area contributed by atoms with Gasteiger partial charge in [-0.15, -0.1) is 5.10 Å². The van der Waals surface area contributed by atoms with Gasteiger partial charge in [-0.3, -0.25) is 4.79 Å². The number of carbonyl (C=O) groups is 1. The van der Waals surface area contributed by atoms with Crippen molar-refractivity contribution >= 4 is 21.8 Å². The van der Waals surface area contributed by atoms with Crippen LogP contribution in [0.4, 0.5) is 0 Å². The average Bonchev–Trinajstić information content (AvgIpc) is 3.08. The molecule has 1 N–H and O–H groups in total. The van der Waals surface area contributed by atoms with Crippen LogP contribution in [0.1, 0.15) is 50.8 Å². The Labute approximate surface area is 150 Å². The standard InChI is InChI=1S/C17H22BrN5O/c18-14-7-4-8-15(11-14)23-16(20-21-22-23)12-19-17(24)10-9-13-5-2-1-3-6-13/h4,7-8,11,13H,1-3,5-6,9-10,12H2,(H,19,24). The van der Waals surface area contributed by atoms with Crippen LogP contribution >= 0.6 is 15.9 Å². The van der Waals surface area contributed by atoms with Gasteiger partial charge in [0.15, 0.2) is 5.82 Å². The molecule has 1 aliphatic rings. The van der Waals surface area contributed by atoms with Gasteiger partial charge in [0.2, 0.25) is 5.91 Å². The van der Waals surface area contributed by atoms with Gasteiger partial charge < -0.3 is 5.32 Å². The van der Waals surface area contributed by atoms with E-state index in [0.717, 1.165) is 22.5 Å². The summed E-state index contributed by atoms with van der Waals surface area (Å²) in [5.41, 5.74) is 0.862. The SMILES string of the molecule is O=C(CCC1CCCCC1)NCc1nnnn1-c1cccc(Br)c1. The molecule has 1 aliphatic carbocycles. The van der Waals surface area contributed by atoms with Crippen LogP contribution in [-0.2, 0) is 11.3 Å². The summed E-state index contributed by atoms with van der Waals surface area (Å²) in [5.74, 6) is 1.42. The van der Waals surface area contributed by atoms with E-state index in [1.165, 1.54) is 32.1 Å². The number of rotatable bonds is 6. The van der Waals surface area contributed by atoms with Crippen molar-refractivity contribution in [2.45, 2.75) is 51.5 Å². The molecule has 1 heterocycles. The van der Waals surface area contributed by atoms with Crippen molar-refractivity contribution < 1.29 is 4.79 Å². The lowest BCUT2D eigenvalue weighted by Gasteiger charge is -2.20. The molecule has 2 aromatic rings. The second-order valence-corrected chi connectivity index (χ2v) is 7.22. The molecule has 7 heteroatoms. The molecule has 0 radical (unpaired) electrons. The Kier molecular flexibility index (Phi) is 5.96. The lowest BCUT2D eigenvalue weighted by Crippen LogP contribution is -2.25. The van der Waals surface area contributed by atoms with Crippen LogP contribution in [-0.4, -0.2) is 26.1 Å². The Bertz CT molecular complexity index is 681. The molecule has 128 valence electrons. The maximum absolute atomic E-state index is 12.1. The van der Waals surface area contributed by atoms with Gasteiger partial charge in [-0.1, -0.05) is 54.1 Å². The molecular formula is C17H22BrN5O. The van der Waals surface area contributed by atoms with Gasteiger partial charge in [0, 0.05) is 10.9 Å². The Morgan fingerprint density at radius 1 is 1.29 bits per heavy atom. The third kappa shape index (κ3) is 4.63. The van der Waals surface area contributed by atoms with E-state index in [4.69, 9.17) is 0 Å². The first kappa shape index (κ1) is 17.1. The van der Waals surface area contributed by atoms with Crippen LogP contribution in [0.5, 0.6) is 0 Å². The number of tetrazole rings is 1. The third-order valence-electron chi connectivity index (χ3n) is 4.53. The van der Waals surface area contributed by atoms with Crippen molar-refractivity contribution in [1.29, 1.82) is 0 Å². The van der Waals surface area contributed by atoms with E-state index in [1.54, 1.807) is 4.68 Å². The maximum atomic E-state index is 12.1. The highest BCUT2D eigenvalue weighted by Gasteiger charge is 2.15. The number of carbonyl (C=O) groups excluding carboxylic acids is 1. The van der Waals surface area contributed by atoms with Crippen molar-refractivity contribution in [2.24, 2.45) is 5.92 Å². The summed E-state index contributed by atoms with van der Waals surface area (Å²) in [6.45, 7) is 0.336. The van der Waals surface area contributed by atoms with Crippen LogP contribution in [0.2, 0.25) is 0 Å². The Hall–Kier alpha value is -1.76. The van der Waals surface area contributed by atoms with E-state index < -0.39 is 0 Å². The summed E-state index contributed by atoms with van der Waals surface area (Å²) < 4.78 is 2.60. The van der Waals surface area contributed by atoms with E-state index >= 15 is 0 Å². The van der Waals surface area contributed by atoms with Crippen LogP contribution in [0.25, 0.3) is 5.69 Å². The summed E-state index contributed by atoms with van der Waals surface area (Å²) in [4.78, 5) is 12.1. The van der Waals surface area contributed by atoms with Gasteiger partial charge in [-0.2, -0.15) is 4.68 Å². The molecule has 3 rings (SSSR count). The van der Waals surface area contributed by atoms with Crippen molar-refractivity contribution in [1.82, 2.24) is 25.5 Å². The number of amides is 1. The zero-order valence-corrected chi connectivity index (χ0v) is 15.2.